The van der Waals surface area contributed by atoms with Gasteiger partial charge in [0.1, 0.15) is 0 Å². The number of rotatable bonds is 5. The van der Waals surface area contributed by atoms with E-state index in [4.69, 9.17) is 0 Å². The van der Waals surface area contributed by atoms with Gasteiger partial charge in [-0.1, -0.05) is 54.6 Å². The molecule has 124 valence electrons. The average Bonchev–Trinajstić information content (AvgIpc) is 2.63. The van der Waals surface area contributed by atoms with E-state index in [-0.39, 0.29) is 24.3 Å². The van der Waals surface area contributed by atoms with E-state index in [9.17, 15) is 9.59 Å². The predicted octanol–water partition coefficient (Wildman–Crippen LogP) is 2.60. The molecule has 0 aromatic heterocycles. The molecule has 0 spiro atoms. The molecule has 4 heteroatoms. The van der Waals surface area contributed by atoms with Gasteiger partial charge in [0.2, 0.25) is 5.91 Å². The van der Waals surface area contributed by atoms with Crippen molar-refractivity contribution in [1.82, 2.24) is 10.2 Å². The Morgan fingerprint density at radius 3 is 2.58 bits per heavy atom. The standard InChI is InChI=1S/C20H22N2O2/c1-15-18-10-6-5-7-16(18)11-12-22(15)14-20(24)21-13-19(23)17-8-3-2-4-9-17/h2-10,15H,11-14H2,1H3,(H,21,24). The molecule has 4 nitrogen and oxygen atoms in total. The van der Waals surface area contributed by atoms with Gasteiger partial charge < -0.3 is 5.32 Å². The zero-order valence-electron chi connectivity index (χ0n) is 13.9. The maximum absolute atomic E-state index is 12.2. The lowest BCUT2D eigenvalue weighted by Crippen LogP contribution is -2.43. The van der Waals surface area contributed by atoms with Crippen molar-refractivity contribution in [3.8, 4) is 0 Å². The van der Waals surface area contributed by atoms with Gasteiger partial charge >= 0.3 is 0 Å². The fourth-order valence-electron chi connectivity index (χ4n) is 3.19. The van der Waals surface area contributed by atoms with Gasteiger partial charge in [-0.25, -0.2) is 0 Å². The fourth-order valence-corrected chi connectivity index (χ4v) is 3.19. The number of carbonyl (C=O) groups is 2. The molecule has 2 aromatic carbocycles. The van der Waals surface area contributed by atoms with Crippen LogP contribution in [0.25, 0.3) is 0 Å². The molecule has 1 amide bonds. The number of fused-ring (bicyclic) bond motifs is 1. The summed E-state index contributed by atoms with van der Waals surface area (Å²) in [6, 6.07) is 17.6. The second-order valence-electron chi connectivity index (χ2n) is 6.16. The number of benzene rings is 2. The first-order valence-electron chi connectivity index (χ1n) is 8.32. The molecule has 1 heterocycles. The SMILES string of the molecule is CC1c2ccccc2CCN1CC(=O)NCC(=O)c1ccccc1. The Balaban J connectivity index is 1.53. The van der Waals surface area contributed by atoms with Crippen LogP contribution in [0.4, 0.5) is 0 Å². The minimum Gasteiger partial charge on any atom is -0.348 e. The molecule has 0 saturated carbocycles. The number of nitrogens with zero attached hydrogens (tertiary/aromatic N) is 1. The minimum absolute atomic E-state index is 0.0433. The molecule has 1 unspecified atom stereocenters. The summed E-state index contributed by atoms with van der Waals surface area (Å²) in [5.41, 5.74) is 3.27. The summed E-state index contributed by atoms with van der Waals surface area (Å²) in [5.74, 6) is -0.175. The Hall–Kier alpha value is -2.46. The summed E-state index contributed by atoms with van der Waals surface area (Å²) >= 11 is 0. The van der Waals surface area contributed by atoms with Crippen molar-refractivity contribution in [2.75, 3.05) is 19.6 Å². The molecule has 24 heavy (non-hydrogen) atoms. The summed E-state index contributed by atoms with van der Waals surface area (Å²) < 4.78 is 0. The van der Waals surface area contributed by atoms with Crippen LogP contribution in [-0.2, 0) is 11.2 Å². The molecule has 1 aliphatic heterocycles. The van der Waals surface area contributed by atoms with Gasteiger partial charge in [0.25, 0.3) is 0 Å². The molecule has 0 radical (unpaired) electrons. The van der Waals surface area contributed by atoms with Crippen LogP contribution in [0.5, 0.6) is 0 Å². The Labute approximate surface area is 142 Å². The number of hydrogen-bond donors (Lipinski definition) is 1. The lowest BCUT2D eigenvalue weighted by molar-refractivity contribution is -0.122. The third-order valence-electron chi connectivity index (χ3n) is 4.61. The minimum atomic E-state index is -0.106. The van der Waals surface area contributed by atoms with E-state index in [2.05, 4.69) is 35.3 Å². The summed E-state index contributed by atoms with van der Waals surface area (Å²) in [6.45, 7) is 3.35. The third kappa shape index (κ3) is 3.71. The van der Waals surface area contributed by atoms with E-state index in [1.165, 1.54) is 11.1 Å². The van der Waals surface area contributed by atoms with Crippen LogP contribution < -0.4 is 5.32 Å². The van der Waals surface area contributed by atoms with Gasteiger partial charge in [-0.2, -0.15) is 0 Å². The van der Waals surface area contributed by atoms with E-state index in [1.807, 2.05) is 24.3 Å². The Bertz CT molecular complexity index is 727. The van der Waals surface area contributed by atoms with Crippen molar-refractivity contribution in [2.45, 2.75) is 19.4 Å². The van der Waals surface area contributed by atoms with Crippen molar-refractivity contribution in [3.05, 3.63) is 71.3 Å². The first-order chi connectivity index (χ1) is 11.6. The van der Waals surface area contributed by atoms with Crippen LogP contribution in [0.1, 0.15) is 34.5 Å². The topological polar surface area (TPSA) is 49.4 Å². The smallest absolute Gasteiger partial charge is 0.234 e. The van der Waals surface area contributed by atoms with E-state index < -0.39 is 0 Å². The molecule has 0 saturated heterocycles. The largest absolute Gasteiger partial charge is 0.348 e. The number of Topliss-reactive ketones (excluding diaryl/α,β-unsaturated/α-hetero) is 1. The average molecular weight is 322 g/mol. The third-order valence-corrected chi connectivity index (χ3v) is 4.61. The molecule has 1 N–H and O–H groups in total. The summed E-state index contributed by atoms with van der Waals surface area (Å²) in [7, 11) is 0. The maximum atomic E-state index is 12.2. The van der Waals surface area contributed by atoms with E-state index in [1.54, 1.807) is 12.1 Å². The molecule has 0 aliphatic carbocycles. The number of amides is 1. The molecule has 0 bridgehead atoms. The second kappa shape index (κ2) is 7.41. The zero-order valence-corrected chi connectivity index (χ0v) is 13.9. The van der Waals surface area contributed by atoms with Crippen molar-refractivity contribution in [3.63, 3.8) is 0 Å². The molecule has 1 atom stereocenters. The van der Waals surface area contributed by atoms with Crippen LogP contribution >= 0.6 is 0 Å². The van der Waals surface area contributed by atoms with Crippen LogP contribution in [-0.4, -0.2) is 36.2 Å². The molecule has 0 fully saturated rings. The Kier molecular flexibility index (Phi) is 5.06. The van der Waals surface area contributed by atoms with Crippen LogP contribution in [0.2, 0.25) is 0 Å². The van der Waals surface area contributed by atoms with Crippen molar-refractivity contribution >= 4 is 11.7 Å². The van der Waals surface area contributed by atoms with Crippen LogP contribution in [0.15, 0.2) is 54.6 Å². The highest BCUT2D eigenvalue weighted by atomic mass is 16.2. The van der Waals surface area contributed by atoms with Gasteiger partial charge in [-0.05, 0) is 24.5 Å². The van der Waals surface area contributed by atoms with Crippen molar-refractivity contribution in [2.24, 2.45) is 0 Å². The van der Waals surface area contributed by atoms with E-state index in [0.717, 1.165) is 13.0 Å². The lowest BCUT2D eigenvalue weighted by Gasteiger charge is -2.34. The predicted molar refractivity (Wildman–Crippen MR) is 93.9 cm³/mol. The quantitative estimate of drug-likeness (QED) is 0.861. The number of nitrogens with one attached hydrogen (secondary N) is 1. The molecule has 2 aromatic rings. The van der Waals surface area contributed by atoms with Gasteiger partial charge in [-0.15, -0.1) is 0 Å². The van der Waals surface area contributed by atoms with Gasteiger partial charge in [0, 0.05) is 18.2 Å². The monoisotopic (exact) mass is 322 g/mol. The Morgan fingerprint density at radius 1 is 1.08 bits per heavy atom. The summed E-state index contributed by atoms with van der Waals surface area (Å²) in [4.78, 5) is 26.4. The van der Waals surface area contributed by atoms with Gasteiger partial charge in [0.15, 0.2) is 5.78 Å². The number of carbonyl (C=O) groups excluding carboxylic acids is 2. The molecular formula is C20H22N2O2. The number of ketones is 1. The second-order valence-corrected chi connectivity index (χ2v) is 6.16. The van der Waals surface area contributed by atoms with E-state index >= 15 is 0 Å². The van der Waals surface area contributed by atoms with Gasteiger partial charge in [-0.3, -0.25) is 14.5 Å². The first-order valence-corrected chi connectivity index (χ1v) is 8.32. The fraction of sp³-hybridized carbons (Fsp3) is 0.300. The zero-order chi connectivity index (χ0) is 16.9. The normalized spacial score (nSPS) is 17.1. The van der Waals surface area contributed by atoms with Crippen molar-refractivity contribution < 1.29 is 9.59 Å². The van der Waals surface area contributed by atoms with Gasteiger partial charge in [0.05, 0.1) is 13.1 Å². The summed E-state index contributed by atoms with van der Waals surface area (Å²) in [5, 5.41) is 2.74. The molecule has 3 rings (SSSR count). The first kappa shape index (κ1) is 16.4. The lowest BCUT2D eigenvalue weighted by atomic mass is 9.94. The van der Waals surface area contributed by atoms with Crippen LogP contribution in [0.3, 0.4) is 0 Å². The maximum Gasteiger partial charge on any atom is 0.234 e. The highest BCUT2D eigenvalue weighted by Crippen LogP contribution is 2.28. The Morgan fingerprint density at radius 2 is 1.79 bits per heavy atom. The number of hydrogen-bond acceptors (Lipinski definition) is 3. The molecule has 1 aliphatic rings. The van der Waals surface area contributed by atoms with E-state index in [0.29, 0.717) is 12.1 Å². The molecular weight excluding hydrogens is 300 g/mol. The highest BCUT2D eigenvalue weighted by molar-refractivity contribution is 5.99. The highest BCUT2D eigenvalue weighted by Gasteiger charge is 2.24. The van der Waals surface area contributed by atoms with Crippen LogP contribution in [0, 0.1) is 0 Å². The summed E-state index contributed by atoms with van der Waals surface area (Å²) in [6.07, 6.45) is 0.955. The van der Waals surface area contributed by atoms with Crippen molar-refractivity contribution in [1.29, 1.82) is 0 Å².